The molecule has 0 fully saturated rings. The van der Waals surface area contributed by atoms with E-state index in [1.54, 1.807) is 17.5 Å². The van der Waals surface area contributed by atoms with E-state index in [0.29, 0.717) is 4.99 Å². The van der Waals surface area contributed by atoms with Gasteiger partial charge in [0.15, 0.2) is 0 Å². The average molecular weight is 215 g/mol. The molecule has 1 rings (SSSR count). The van der Waals surface area contributed by atoms with Crippen molar-refractivity contribution < 1.29 is 0 Å². The molecule has 0 saturated heterocycles. The van der Waals surface area contributed by atoms with Crippen LogP contribution in [-0.2, 0) is 6.54 Å². The van der Waals surface area contributed by atoms with Crippen molar-refractivity contribution in [3.05, 3.63) is 16.6 Å². The van der Waals surface area contributed by atoms with Crippen LogP contribution >= 0.6 is 23.6 Å². The molecule has 5 heteroatoms. The van der Waals surface area contributed by atoms with Crippen LogP contribution in [0.2, 0.25) is 0 Å². The Morgan fingerprint density at radius 3 is 3.00 bits per heavy atom. The van der Waals surface area contributed by atoms with Crippen molar-refractivity contribution in [3.8, 4) is 0 Å². The third-order valence-electron chi connectivity index (χ3n) is 1.94. The first-order valence-corrected chi connectivity index (χ1v) is 5.28. The van der Waals surface area contributed by atoms with E-state index in [1.165, 1.54) is 0 Å². The quantitative estimate of drug-likeness (QED) is 0.768. The minimum absolute atomic E-state index is 0.124. The lowest BCUT2D eigenvalue weighted by Crippen LogP contribution is -2.38. The van der Waals surface area contributed by atoms with E-state index in [-0.39, 0.29) is 6.04 Å². The molecule has 0 spiro atoms. The third kappa shape index (κ3) is 3.02. The lowest BCUT2D eigenvalue weighted by atomic mass is 10.3. The van der Waals surface area contributed by atoms with Gasteiger partial charge in [-0.05, 0) is 14.0 Å². The zero-order chi connectivity index (χ0) is 9.84. The van der Waals surface area contributed by atoms with Crippen LogP contribution in [0.1, 0.15) is 11.9 Å². The molecule has 13 heavy (non-hydrogen) atoms. The Bertz CT molecular complexity index is 271. The number of thiocarbonyl (C=S) groups is 1. The largest absolute Gasteiger partial charge is 0.392 e. The average Bonchev–Trinajstić information content (AvgIpc) is 2.55. The summed E-state index contributed by atoms with van der Waals surface area (Å²) in [4.78, 5) is 6.80. The van der Waals surface area contributed by atoms with Gasteiger partial charge in [0.05, 0.1) is 17.6 Å². The molecule has 1 heterocycles. The number of thiazole rings is 1. The standard InChI is InChI=1S/C8H13N3S2/c1-6(8(9)12)11(2)5-7-10-3-4-13-7/h3-4,6H,5H2,1-2H3,(H2,9,12). The van der Waals surface area contributed by atoms with Gasteiger partial charge in [0, 0.05) is 11.6 Å². The SMILES string of the molecule is CC(C(N)=S)N(C)Cc1nccs1. The smallest absolute Gasteiger partial charge is 0.107 e. The van der Waals surface area contributed by atoms with E-state index >= 15 is 0 Å². The van der Waals surface area contributed by atoms with Gasteiger partial charge >= 0.3 is 0 Å². The third-order valence-corrected chi connectivity index (χ3v) is 3.05. The van der Waals surface area contributed by atoms with E-state index in [4.69, 9.17) is 18.0 Å². The molecule has 1 aromatic rings. The van der Waals surface area contributed by atoms with Gasteiger partial charge in [-0.2, -0.15) is 0 Å². The summed E-state index contributed by atoms with van der Waals surface area (Å²) in [5, 5.41) is 3.06. The van der Waals surface area contributed by atoms with Crippen LogP contribution in [0.5, 0.6) is 0 Å². The molecule has 0 aromatic carbocycles. The number of aromatic nitrogens is 1. The van der Waals surface area contributed by atoms with Gasteiger partial charge in [-0.25, -0.2) is 4.98 Å². The first kappa shape index (κ1) is 10.6. The Hall–Kier alpha value is -0.520. The Labute approximate surface area is 87.6 Å². The van der Waals surface area contributed by atoms with Crippen LogP contribution in [0.4, 0.5) is 0 Å². The van der Waals surface area contributed by atoms with Gasteiger partial charge < -0.3 is 5.73 Å². The number of hydrogen-bond donors (Lipinski definition) is 1. The number of nitrogens with zero attached hydrogens (tertiary/aromatic N) is 2. The van der Waals surface area contributed by atoms with E-state index < -0.39 is 0 Å². The number of nitrogens with two attached hydrogens (primary N) is 1. The van der Waals surface area contributed by atoms with Crippen LogP contribution in [0.15, 0.2) is 11.6 Å². The number of hydrogen-bond acceptors (Lipinski definition) is 4. The van der Waals surface area contributed by atoms with Crippen molar-refractivity contribution in [1.29, 1.82) is 0 Å². The molecule has 0 amide bonds. The summed E-state index contributed by atoms with van der Waals surface area (Å²) in [6, 6.07) is 0.124. The molecule has 0 bridgehead atoms. The zero-order valence-electron chi connectivity index (χ0n) is 7.73. The van der Waals surface area contributed by atoms with Gasteiger partial charge in [0.25, 0.3) is 0 Å². The summed E-state index contributed by atoms with van der Waals surface area (Å²) in [5.41, 5.74) is 5.54. The lowest BCUT2D eigenvalue weighted by Gasteiger charge is -2.22. The highest BCUT2D eigenvalue weighted by atomic mass is 32.1. The Morgan fingerprint density at radius 1 is 1.85 bits per heavy atom. The van der Waals surface area contributed by atoms with E-state index in [1.807, 2.05) is 19.4 Å². The van der Waals surface area contributed by atoms with Gasteiger partial charge in [-0.1, -0.05) is 12.2 Å². The van der Waals surface area contributed by atoms with Crippen LogP contribution in [0, 0.1) is 0 Å². The predicted molar refractivity (Wildman–Crippen MR) is 59.8 cm³/mol. The Balaban J connectivity index is 2.50. The van der Waals surface area contributed by atoms with Gasteiger partial charge in [0.2, 0.25) is 0 Å². The molecule has 0 saturated carbocycles. The van der Waals surface area contributed by atoms with E-state index in [9.17, 15) is 0 Å². The first-order chi connectivity index (χ1) is 6.11. The molecular formula is C8H13N3S2. The van der Waals surface area contributed by atoms with Crippen LogP contribution in [0.3, 0.4) is 0 Å². The summed E-state index contributed by atoms with van der Waals surface area (Å²) in [6.07, 6.45) is 1.80. The molecule has 1 unspecified atom stereocenters. The highest BCUT2D eigenvalue weighted by molar-refractivity contribution is 7.80. The topological polar surface area (TPSA) is 42.1 Å². The van der Waals surface area contributed by atoms with Crippen LogP contribution < -0.4 is 5.73 Å². The minimum Gasteiger partial charge on any atom is -0.392 e. The van der Waals surface area contributed by atoms with E-state index in [0.717, 1.165) is 11.6 Å². The second-order valence-corrected chi connectivity index (χ2v) is 4.37. The fourth-order valence-corrected chi connectivity index (χ4v) is 1.76. The lowest BCUT2D eigenvalue weighted by molar-refractivity contribution is 0.304. The van der Waals surface area contributed by atoms with Crippen molar-refractivity contribution in [2.24, 2.45) is 5.73 Å². The number of rotatable bonds is 4. The normalized spacial score (nSPS) is 13.2. The molecular weight excluding hydrogens is 202 g/mol. The summed E-state index contributed by atoms with van der Waals surface area (Å²) >= 11 is 6.55. The van der Waals surface area contributed by atoms with Gasteiger partial charge in [-0.15, -0.1) is 11.3 Å². The Kier molecular flexibility index (Phi) is 3.77. The van der Waals surface area contributed by atoms with E-state index in [2.05, 4.69) is 9.88 Å². The van der Waals surface area contributed by atoms with Crippen molar-refractivity contribution in [1.82, 2.24) is 9.88 Å². The molecule has 3 nitrogen and oxygen atoms in total. The summed E-state index contributed by atoms with van der Waals surface area (Å²) in [5.74, 6) is 0. The predicted octanol–water partition coefficient (Wildman–Crippen LogP) is 1.25. The summed E-state index contributed by atoms with van der Waals surface area (Å²) in [6.45, 7) is 2.80. The van der Waals surface area contributed by atoms with Crippen molar-refractivity contribution in [2.45, 2.75) is 19.5 Å². The first-order valence-electron chi connectivity index (χ1n) is 3.99. The van der Waals surface area contributed by atoms with Crippen molar-refractivity contribution >= 4 is 28.5 Å². The van der Waals surface area contributed by atoms with Gasteiger partial charge in [0.1, 0.15) is 5.01 Å². The minimum atomic E-state index is 0.124. The molecule has 2 N–H and O–H groups in total. The molecule has 0 aliphatic rings. The molecule has 1 atom stereocenters. The maximum Gasteiger partial charge on any atom is 0.107 e. The fourth-order valence-electron chi connectivity index (χ4n) is 0.899. The van der Waals surface area contributed by atoms with Crippen LogP contribution in [-0.4, -0.2) is 28.0 Å². The summed E-state index contributed by atoms with van der Waals surface area (Å²) in [7, 11) is 1.99. The second-order valence-electron chi connectivity index (χ2n) is 2.92. The molecule has 72 valence electrons. The number of likely N-dealkylation sites (N-methyl/N-ethyl adjacent to an activating group) is 1. The highest BCUT2D eigenvalue weighted by Gasteiger charge is 2.12. The maximum absolute atomic E-state index is 5.54. The Morgan fingerprint density at radius 2 is 2.54 bits per heavy atom. The molecule has 0 aliphatic carbocycles. The van der Waals surface area contributed by atoms with Crippen LogP contribution in [0.25, 0.3) is 0 Å². The maximum atomic E-state index is 5.54. The van der Waals surface area contributed by atoms with Crippen molar-refractivity contribution in [2.75, 3.05) is 7.05 Å². The second kappa shape index (κ2) is 4.64. The molecule has 0 radical (unpaired) electrons. The molecule has 0 aliphatic heterocycles. The zero-order valence-corrected chi connectivity index (χ0v) is 9.36. The monoisotopic (exact) mass is 215 g/mol. The summed E-state index contributed by atoms with van der Waals surface area (Å²) < 4.78 is 0. The highest BCUT2D eigenvalue weighted by Crippen LogP contribution is 2.08. The van der Waals surface area contributed by atoms with Gasteiger partial charge in [-0.3, -0.25) is 4.90 Å². The van der Waals surface area contributed by atoms with Crippen molar-refractivity contribution in [3.63, 3.8) is 0 Å². The molecule has 1 aromatic heterocycles. The fraction of sp³-hybridized carbons (Fsp3) is 0.500.